The summed E-state index contributed by atoms with van der Waals surface area (Å²) in [6.45, 7) is 2.10. The Morgan fingerprint density at radius 1 is 1.73 bits per heavy atom. The lowest BCUT2D eigenvalue weighted by Gasteiger charge is -2.13. The number of aryl methyl sites for hydroxylation is 1. The van der Waals surface area contributed by atoms with Crippen LogP contribution in [0.3, 0.4) is 0 Å². The van der Waals surface area contributed by atoms with Gasteiger partial charge in [0.25, 0.3) is 11.7 Å². The SMILES string of the molecule is Cc1nc(C(=O)NC(CN)C2CC2)no1. The first kappa shape index (κ1) is 10.1. The molecule has 1 saturated carbocycles. The Bertz CT molecular complexity index is 359. The largest absolute Gasteiger partial charge is 0.345 e. The van der Waals surface area contributed by atoms with Gasteiger partial charge >= 0.3 is 0 Å². The summed E-state index contributed by atoms with van der Waals surface area (Å²) in [5, 5.41) is 6.35. The molecule has 0 bridgehead atoms. The number of hydrogen-bond donors (Lipinski definition) is 2. The average Bonchev–Trinajstić information content (AvgIpc) is 2.97. The molecule has 2 rings (SSSR count). The fraction of sp³-hybridized carbons (Fsp3) is 0.667. The second-order valence-corrected chi connectivity index (χ2v) is 3.79. The van der Waals surface area contributed by atoms with Crippen LogP contribution in [-0.4, -0.2) is 28.6 Å². The summed E-state index contributed by atoms with van der Waals surface area (Å²) in [4.78, 5) is 15.5. The van der Waals surface area contributed by atoms with Crippen molar-refractivity contribution in [3.8, 4) is 0 Å². The Kier molecular flexibility index (Phi) is 2.68. The minimum Gasteiger partial charge on any atom is -0.345 e. The normalized spacial score (nSPS) is 17.5. The van der Waals surface area contributed by atoms with Crippen molar-refractivity contribution >= 4 is 5.91 Å². The van der Waals surface area contributed by atoms with Gasteiger partial charge in [0, 0.05) is 19.5 Å². The summed E-state index contributed by atoms with van der Waals surface area (Å²) < 4.78 is 4.72. The van der Waals surface area contributed by atoms with E-state index in [1.807, 2.05) is 0 Å². The molecule has 1 aliphatic rings. The molecule has 1 unspecified atom stereocenters. The molecule has 82 valence electrons. The van der Waals surface area contributed by atoms with Crippen molar-refractivity contribution < 1.29 is 9.32 Å². The van der Waals surface area contributed by atoms with Crippen molar-refractivity contribution in [3.63, 3.8) is 0 Å². The Morgan fingerprint density at radius 2 is 2.47 bits per heavy atom. The van der Waals surface area contributed by atoms with Crippen LogP contribution in [0, 0.1) is 12.8 Å². The fourth-order valence-electron chi connectivity index (χ4n) is 1.49. The Hall–Kier alpha value is -1.43. The minimum atomic E-state index is -0.311. The third-order valence-corrected chi connectivity index (χ3v) is 2.49. The summed E-state index contributed by atoms with van der Waals surface area (Å²) >= 11 is 0. The molecule has 1 atom stereocenters. The standard InChI is InChI=1S/C9H14N4O2/c1-5-11-8(13-15-5)9(14)12-7(4-10)6-2-3-6/h6-7H,2-4,10H2,1H3,(H,12,14). The van der Waals surface area contributed by atoms with E-state index in [1.54, 1.807) is 6.92 Å². The maximum absolute atomic E-state index is 11.6. The van der Waals surface area contributed by atoms with Crippen LogP contribution in [0.2, 0.25) is 0 Å². The zero-order valence-corrected chi connectivity index (χ0v) is 8.56. The highest BCUT2D eigenvalue weighted by Gasteiger charge is 2.32. The van der Waals surface area contributed by atoms with Crippen LogP contribution in [0.4, 0.5) is 0 Å². The monoisotopic (exact) mass is 210 g/mol. The molecule has 1 fully saturated rings. The van der Waals surface area contributed by atoms with Gasteiger partial charge in [-0.05, 0) is 18.8 Å². The molecule has 0 aliphatic heterocycles. The number of aromatic nitrogens is 2. The summed E-state index contributed by atoms with van der Waals surface area (Å²) in [6, 6.07) is 0.0382. The van der Waals surface area contributed by atoms with Gasteiger partial charge in [-0.15, -0.1) is 0 Å². The van der Waals surface area contributed by atoms with Gasteiger partial charge in [0.2, 0.25) is 5.89 Å². The maximum Gasteiger partial charge on any atom is 0.292 e. The lowest BCUT2D eigenvalue weighted by atomic mass is 10.2. The molecule has 0 radical (unpaired) electrons. The lowest BCUT2D eigenvalue weighted by Crippen LogP contribution is -2.42. The highest BCUT2D eigenvalue weighted by Crippen LogP contribution is 2.32. The number of nitrogens with zero attached hydrogens (tertiary/aromatic N) is 2. The van der Waals surface area contributed by atoms with Crippen molar-refractivity contribution in [1.82, 2.24) is 15.5 Å². The molecule has 1 amide bonds. The van der Waals surface area contributed by atoms with Gasteiger partial charge in [0.05, 0.1) is 0 Å². The molecule has 6 nitrogen and oxygen atoms in total. The molecule has 15 heavy (non-hydrogen) atoms. The third kappa shape index (κ3) is 2.33. The van der Waals surface area contributed by atoms with Crippen LogP contribution in [0.25, 0.3) is 0 Å². The van der Waals surface area contributed by atoms with Crippen LogP contribution in [0.1, 0.15) is 29.4 Å². The first-order chi connectivity index (χ1) is 7.20. The molecule has 1 aromatic rings. The Balaban J connectivity index is 1.96. The number of carbonyl (C=O) groups is 1. The summed E-state index contributed by atoms with van der Waals surface area (Å²) in [5.74, 6) is 0.670. The van der Waals surface area contributed by atoms with E-state index in [2.05, 4.69) is 15.5 Å². The van der Waals surface area contributed by atoms with Crippen molar-refractivity contribution in [2.45, 2.75) is 25.8 Å². The third-order valence-electron chi connectivity index (χ3n) is 2.49. The van der Waals surface area contributed by atoms with E-state index in [0.717, 1.165) is 12.8 Å². The van der Waals surface area contributed by atoms with Gasteiger partial charge < -0.3 is 15.6 Å². The second-order valence-electron chi connectivity index (χ2n) is 3.79. The first-order valence-electron chi connectivity index (χ1n) is 5.02. The topological polar surface area (TPSA) is 94.0 Å². The van der Waals surface area contributed by atoms with Crippen molar-refractivity contribution in [2.24, 2.45) is 11.7 Å². The number of amides is 1. The van der Waals surface area contributed by atoms with Gasteiger partial charge in [-0.2, -0.15) is 4.98 Å². The number of nitrogens with two attached hydrogens (primary N) is 1. The summed E-state index contributed by atoms with van der Waals surface area (Å²) in [6.07, 6.45) is 2.26. The van der Waals surface area contributed by atoms with E-state index in [4.69, 9.17) is 10.3 Å². The molecule has 0 spiro atoms. The van der Waals surface area contributed by atoms with E-state index in [-0.39, 0.29) is 17.8 Å². The summed E-state index contributed by atoms with van der Waals surface area (Å²) in [5.41, 5.74) is 5.57. The van der Waals surface area contributed by atoms with Gasteiger partial charge in [0.15, 0.2) is 0 Å². The predicted octanol–water partition coefficient (Wildman–Crippen LogP) is -0.155. The smallest absolute Gasteiger partial charge is 0.292 e. The molecular formula is C9H14N4O2. The zero-order chi connectivity index (χ0) is 10.8. The van der Waals surface area contributed by atoms with E-state index in [0.29, 0.717) is 18.4 Å². The van der Waals surface area contributed by atoms with Gasteiger partial charge in [-0.3, -0.25) is 4.79 Å². The van der Waals surface area contributed by atoms with Crippen LogP contribution in [0.15, 0.2) is 4.52 Å². The molecule has 0 aromatic carbocycles. The Morgan fingerprint density at radius 3 is 2.93 bits per heavy atom. The minimum absolute atomic E-state index is 0.0382. The van der Waals surface area contributed by atoms with Crippen molar-refractivity contribution in [2.75, 3.05) is 6.54 Å². The van der Waals surface area contributed by atoms with Gasteiger partial charge in [-0.1, -0.05) is 5.16 Å². The van der Waals surface area contributed by atoms with Gasteiger partial charge in [-0.25, -0.2) is 0 Å². The molecule has 0 saturated heterocycles. The second kappa shape index (κ2) is 3.98. The number of nitrogens with one attached hydrogen (secondary N) is 1. The van der Waals surface area contributed by atoms with Crippen LogP contribution in [0.5, 0.6) is 0 Å². The van der Waals surface area contributed by atoms with E-state index in [1.165, 1.54) is 0 Å². The number of carbonyl (C=O) groups excluding carboxylic acids is 1. The Labute approximate surface area is 87.2 Å². The predicted molar refractivity (Wildman–Crippen MR) is 52.1 cm³/mol. The quantitative estimate of drug-likeness (QED) is 0.720. The van der Waals surface area contributed by atoms with E-state index >= 15 is 0 Å². The molecule has 1 aliphatic carbocycles. The van der Waals surface area contributed by atoms with Crippen LogP contribution >= 0.6 is 0 Å². The van der Waals surface area contributed by atoms with Crippen molar-refractivity contribution in [3.05, 3.63) is 11.7 Å². The van der Waals surface area contributed by atoms with Crippen molar-refractivity contribution in [1.29, 1.82) is 0 Å². The maximum atomic E-state index is 11.6. The summed E-state index contributed by atoms with van der Waals surface area (Å²) in [7, 11) is 0. The zero-order valence-electron chi connectivity index (χ0n) is 8.56. The molecule has 1 aromatic heterocycles. The number of rotatable bonds is 4. The van der Waals surface area contributed by atoms with E-state index in [9.17, 15) is 4.79 Å². The molecular weight excluding hydrogens is 196 g/mol. The average molecular weight is 210 g/mol. The van der Waals surface area contributed by atoms with Gasteiger partial charge in [0.1, 0.15) is 0 Å². The fourth-order valence-corrected chi connectivity index (χ4v) is 1.49. The van der Waals surface area contributed by atoms with E-state index < -0.39 is 0 Å². The van der Waals surface area contributed by atoms with Crippen LogP contribution in [-0.2, 0) is 0 Å². The van der Waals surface area contributed by atoms with Crippen LogP contribution < -0.4 is 11.1 Å². The highest BCUT2D eigenvalue weighted by molar-refractivity contribution is 5.90. The first-order valence-corrected chi connectivity index (χ1v) is 5.02. The number of hydrogen-bond acceptors (Lipinski definition) is 5. The highest BCUT2D eigenvalue weighted by atomic mass is 16.5. The molecule has 1 heterocycles. The molecule has 3 N–H and O–H groups in total. The molecule has 6 heteroatoms. The lowest BCUT2D eigenvalue weighted by molar-refractivity contribution is 0.0920.